The molecule has 1 spiro atoms. The SMILES string of the molecule is O=C1N(C2CCCC2)C[C@@H]2C[C@@H](c3cccc(OCCO)c3)N3CCC[C@@]123. The van der Waals surface area contributed by atoms with E-state index in [1.165, 1.54) is 31.2 Å². The summed E-state index contributed by atoms with van der Waals surface area (Å²) in [5.41, 5.74) is 1.01. The fraction of sp³-hybridized carbons (Fsp3) is 0.682. The second-order valence-electron chi connectivity index (χ2n) is 8.71. The van der Waals surface area contributed by atoms with Crippen molar-refractivity contribution < 1.29 is 14.6 Å². The Morgan fingerprint density at radius 3 is 2.89 bits per heavy atom. The van der Waals surface area contributed by atoms with Crippen LogP contribution in [0.15, 0.2) is 24.3 Å². The molecule has 1 saturated carbocycles. The Kier molecular flexibility index (Phi) is 4.40. The number of nitrogens with zero attached hydrogens (tertiary/aromatic N) is 2. The van der Waals surface area contributed by atoms with Crippen LogP contribution in [0.25, 0.3) is 0 Å². The van der Waals surface area contributed by atoms with E-state index in [1.54, 1.807) is 0 Å². The van der Waals surface area contributed by atoms with Crippen molar-refractivity contribution in [3.8, 4) is 5.75 Å². The van der Waals surface area contributed by atoms with Gasteiger partial charge in [-0.3, -0.25) is 9.69 Å². The number of rotatable bonds is 5. The fourth-order valence-corrected chi connectivity index (χ4v) is 6.35. The minimum atomic E-state index is -0.241. The summed E-state index contributed by atoms with van der Waals surface area (Å²) in [6.45, 7) is 2.32. The number of benzene rings is 1. The lowest BCUT2D eigenvalue weighted by molar-refractivity contribution is -0.138. The Morgan fingerprint density at radius 2 is 2.07 bits per heavy atom. The molecule has 5 rings (SSSR count). The van der Waals surface area contributed by atoms with Crippen molar-refractivity contribution in [2.45, 2.75) is 62.6 Å². The maximum Gasteiger partial charge on any atom is 0.243 e. The van der Waals surface area contributed by atoms with Gasteiger partial charge in [0, 0.05) is 24.5 Å². The second kappa shape index (κ2) is 6.78. The van der Waals surface area contributed by atoms with Gasteiger partial charge in [0.2, 0.25) is 5.91 Å². The number of carbonyl (C=O) groups is 1. The van der Waals surface area contributed by atoms with Crippen LogP contribution in [-0.2, 0) is 4.79 Å². The molecular formula is C22H30N2O3. The van der Waals surface area contributed by atoms with Gasteiger partial charge in [-0.2, -0.15) is 0 Å². The lowest BCUT2D eigenvalue weighted by Gasteiger charge is -2.35. The molecule has 1 amide bonds. The number of aliphatic hydroxyl groups is 1. The van der Waals surface area contributed by atoms with Gasteiger partial charge in [0.1, 0.15) is 17.9 Å². The number of amides is 1. The van der Waals surface area contributed by atoms with Gasteiger partial charge in [0.25, 0.3) is 0 Å². The average Bonchev–Trinajstić information content (AvgIpc) is 3.43. The highest BCUT2D eigenvalue weighted by molar-refractivity contribution is 5.90. The first-order valence-electron chi connectivity index (χ1n) is 10.7. The summed E-state index contributed by atoms with van der Waals surface area (Å²) in [6.07, 6.45) is 8.16. The molecule has 0 bridgehead atoms. The highest BCUT2D eigenvalue weighted by Gasteiger charge is 2.65. The van der Waals surface area contributed by atoms with Crippen LogP contribution in [0.1, 0.15) is 56.6 Å². The molecule has 146 valence electrons. The van der Waals surface area contributed by atoms with Gasteiger partial charge in [-0.15, -0.1) is 0 Å². The lowest BCUT2D eigenvalue weighted by Crippen LogP contribution is -2.51. The Bertz CT molecular complexity index is 717. The molecule has 5 nitrogen and oxygen atoms in total. The molecule has 0 radical (unpaired) electrons. The van der Waals surface area contributed by atoms with Crippen LogP contribution in [0.3, 0.4) is 0 Å². The quantitative estimate of drug-likeness (QED) is 0.866. The van der Waals surface area contributed by atoms with Gasteiger partial charge >= 0.3 is 0 Å². The lowest BCUT2D eigenvalue weighted by atomic mass is 9.85. The third-order valence-corrected chi connectivity index (χ3v) is 7.45. The van der Waals surface area contributed by atoms with Crippen LogP contribution in [0.4, 0.5) is 0 Å². The molecule has 4 aliphatic rings. The third-order valence-electron chi connectivity index (χ3n) is 7.45. The molecule has 1 N–H and O–H groups in total. The summed E-state index contributed by atoms with van der Waals surface area (Å²) >= 11 is 0. The van der Waals surface area contributed by atoms with E-state index in [4.69, 9.17) is 9.84 Å². The van der Waals surface area contributed by atoms with Gasteiger partial charge in [-0.1, -0.05) is 25.0 Å². The molecule has 3 heterocycles. The van der Waals surface area contributed by atoms with E-state index < -0.39 is 0 Å². The van der Waals surface area contributed by atoms with Crippen LogP contribution in [0.5, 0.6) is 5.75 Å². The van der Waals surface area contributed by atoms with Crippen molar-refractivity contribution in [2.75, 3.05) is 26.3 Å². The molecule has 0 aromatic heterocycles. The number of likely N-dealkylation sites (tertiary alicyclic amines) is 1. The maximum atomic E-state index is 13.6. The zero-order chi connectivity index (χ0) is 18.4. The molecule has 3 aliphatic heterocycles. The van der Waals surface area contributed by atoms with Gasteiger partial charge in [-0.05, 0) is 56.3 Å². The molecular weight excluding hydrogens is 340 g/mol. The highest BCUT2D eigenvalue weighted by atomic mass is 16.5. The van der Waals surface area contributed by atoms with Crippen molar-refractivity contribution in [3.63, 3.8) is 0 Å². The summed E-state index contributed by atoms with van der Waals surface area (Å²) in [5.74, 6) is 1.69. The Labute approximate surface area is 161 Å². The highest BCUT2D eigenvalue weighted by Crippen LogP contribution is 2.56. The molecule has 0 unspecified atom stereocenters. The largest absolute Gasteiger partial charge is 0.491 e. The normalized spacial score (nSPS) is 33.7. The number of ether oxygens (including phenoxy) is 1. The third kappa shape index (κ3) is 2.62. The fourth-order valence-electron chi connectivity index (χ4n) is 6.35. The minimum Gasteiger partial charge on any atom is -0.491 e. The van der Waals surface area contributed by atoms with Gasteiger partial charge in [0.15, 0.2) is 0 Å². The predicted octanol–water partition coefficient (Wildman–Crippen LogP) is 2.74. The number of carbonyl (C=O) groups excluding carboxylic acids is 1. The topological polar surface area (TPSA) is 53.0 Å². The molecule has 4 fully saturated rings. The van der Waals surface area contributed by atoms with Gasteiger partial charge in [0.05, 0.1) is 6.61 Å². The van der Waals surface area contributed by atoms with E-state index in [2.05, 4.69) is 21.9 Å². The molecule has 1 aromatic rings. The Balaban J connectivity index is 1.41. The van der Waals surface area contributed by atoms with E-state index >= 15 is 0 Å². The van der Waals surface area contributed by atoms with E-state index in [0.29, 0.717) is 30.5 Å². The number of hydrogen-bond donors (Lipinski definition) is 1. The van der Waals surface area contributed by atoms with Crippen molar-refractivity contribution >= 4 is 5.91 Å². The summed E-state index contributed by atoms with van der Waals surface area (Å²) in [4.78, 5) is 18.4. The number of aliphatic hydroxyl groups excluding tert-OH is 1. The van der Waals surface area contributed by atoms with E-state index in [1.807, 2.05) is 12.1 Å². The Hall–Kier alpha value is -1.59. The van der Waals surface area contributed by atoms with Gasteiger partial charge in [-0.25, -0.2) is 0 Å². The first-order valence-corrected chi connectivity index (χ1v) is 10.7. The molecule has 5 heteroatoms. The van der Waals surface area contributed by atoms with Gasteiger partial charge < -0.3 is 14.7 Å². The van der Waals surface area contributed by atoms with E-state index in [-0.39, 0.29) is 12.1 Å². The summed E-state index contributed by atoms with van der Waals surface area (Å²) < 4.78 is 5.62. The Morgan fingerprint density at radius 1 is 1.22 bits per heavy atom. The first kappa shape index (κ1) is 17.5. The van der Waals surface area contributed by atoms with Crippen LogP contribution >= 0.6 is 0 Å². The summed E-state index contributed by atoms with van der Waals surface area (Å²) in [7, 11) is 0. The van der Waals surface area contributed by atoms with E-state index in [9.17, 15) is 4.79 Å². The zero-order valence-electron chi connectivity index (χ0n) is 16.0. The average molecular weight is 370 g/mol. The predicted molar refractivity (Wildman–Crippen MR) is 103 cm³/mol. The van der Waals surface area contributed by atoms with Crippen molar-refractivity contribution in [3.05, 3.63) is 29.8 Å². The monoisotopic (exact) mass is 370 g/mol. The minimum absolute atomic E-state index is 0.0243. The molecule has 1 aliphatic carbocycles. The van der Waals surface area contributed by atoms with E-state index in [0.717, 1.165) is 38.1 Å². The second-order valence-corrected chi connectivity index (χ2v) is 8.71. The van der Waals surface area contributed by atoms with Crippen LogP contribution < -0.4 is 4.74 Å². The smallest absolute Gasteiger partial charge is 0.243 e. The summed E-state index contributed by atoms with van der Waals surface area (Å²) in [5, 5.41) is 9.01. The van der Waals surface area contributed by atoms with Crippen molar-refractivity contribution in [1.29, 1.82) is 0 Å². The maximum absolute atomic E-state index is 13.6. The van der Waals surface area contributed by atoms with Crippen molar-refractivity contribution in [1.82, 2.24) is 9.80 Å². The molecule has 3 saturated heterocycles. The number of hydrogen-bond acceptors (Lipinski definition) is 4. The molecule has 3 atom stereocenters. The standard InChI is InChI=1S/C22H30N2O3/c25-11-12-27-19-8-3-5-16(13-19)20-14-17-15-23(18-6-1-2-7-18)21(26)22(17)9-4-10-24(20)22/h3,5,8,13,17-18,20,25H,1-2,4,6-7,9-12,14-15H2/t17-,20-,22-/m0/s1. The molecule has 27 heavy (non-hydrogen) atoms. The van der Waals surface area contributed by atoms with Crippen molar-refractivity contribution in [2.24, 2.45) is 5.92 Å². The molecule has 1 aromatic carbocycles. The summed E-state index contributed by atoms with van der Waals surface area (Å²) in [6, 6.07) is 9.06. The first-order chi connectivity index (χ1) is 13.2. The van der Waals surface area contributed by atoms with Crippen LogP contribution in [0.2, 0.25) is 0 Å². The van der Waals surface area contributed by atoms with Crippen LogP contribution in [-0.4, -0.2) is 58.7 Å². The van der Waals surface area contributed by atoms with Crippen LogP contribution in [0, 0.1) is 5.92 Å². The zero-order valence-corrected chi connectivity index (χ0v) is 16.0.